The van der Waals surface area contributed by atoms with E-state index < -0.39 is 0 Å². The molecule has 26 heavy (non-hydrogen) atoms. The molecule has 1 aliphatic heterocycles. The van der Waals surface area contributed by atoms with E-state index in [-0.39, 0.29) is 22.6 Å². The van der Waals surface area contributed by atoms with Crippen molar-refractivity contribution in [3.8, 4) is 0 Å². The van der Waals surface area contributed by atoms with E-state index >= 15 is 0 Å². The lowest BCUT2D eigenvalue weighted by Gasteiger charge is -2.37. The summed E-state index contributed by atoms with van der Waals surface area (Å²) in [6.07, 6.45) is 5.41. The van der Waals surface area contributed by atoms with Crippen LogP contribution in [0.2, 0.25) is 0 Å². The van der Waals surface area contributed by atoms with Crippen LogP contribution in [0.4, 0.5) is 11.4 Å². The zero-order valence-corrected chi connectivity index (χ0v) is 14.1. The van der Waals surface area contributed by atoms with Crippen molar-refractivity contribution in [1.29, 1.82) is 0 Å². The number of fused-ring (bicyclic) bond motifs is 4. The van der Waals surface area contributed by atoms with Crippen LogP contribution in [0.15, 0.2) is 72.8 Å². The average molecular weight is 342 g/mol. The van der Waals surface area contributed by atoms with Crippen LogP contribution < -0.4 is 5.32 Å². The first-order valence-corrected chi connectivity index (χ1v) is 8.92. The van der Waals surface area contributed by atoms with Crippen molar-refractivity contribution >= 4 is 22.1 Å². The number of allylic oxidation sites excluding steroid dienone is 2. The highest BCUT2D eigenvalue weighted by Gasteiger charge is 2.40. The zero-order valence-electron chi connectivity index (χ0n) is 14.1. The van der Waals surface area contributed by atoms with E-state index in [1.54, 1.807) is 12.1 Å². The zero-order chi connectivity index (χ0) is 17.7. The second-order valence-corrected chi connectivity index (χ2v) is 7.04. The number of nitro groups is 1. The minimum absolute atomic E-state index is 0.0506. The Labute approximate surface area is 151 Å². The fraction of sp³-hybridized carbons (Fsp3) is 0.182. The third-order valence-corrected chi connectivity index (χ3v) is 5.73. The molecule has 1 N–H and O–H groups in total. The molecular formula is C22H18N2O2. The maximum absolute atomic E-state index is 11.6. The molecule has 0 bridgehead atoms. The van der Waals surface area contributed by atoms with Gasteiger partial charge in [0.05, 0.1) is 11.0 Å². The van der Waals surface area contributed by atoms with E-state index in [9.17, 15) is 10.1 Å². The SMILES string of the molecule is O=[N+]([O-])c1cccc2c1N[C@H](c1cccc3ccccc13)[C@H]1CC=C[C@H]21. The number of nitrogens with zero attached hydrogens (tertiary/aromatic N) is 1. The van der Waals surface area contributed by atoms with Gasteiger partial charge in [0.1, 0.15) is 5.69 Å². The van der Waals surface area contributed by atoms with Crippen molar-refractivity contribution in [2.45, 2.75) is 18.4 Å². The van der Waals surface area contributed by atoms with Crippen LogP contribution >= 0.6 is 0 Å². The molecule has 4 heteroatoms. The molecule has 0 saturated carbocycles. The largest absolute Gasteiger partial charge is 0.372 e. The molecule has 0 spiro atoms. The molecule has 4 nitrogen and oxygen atoms in total. The number of hydrogen-bond donors (Lipinski definition) is 1. The summed E-state index contributed by atoms with van der Waals surface area (Å²) in [6, 6.07) is 20.1. The van der Waals surface area contributed by atoms with Crippen LogP contribution in [0.5, 0.6) is 0 Å². The third-order valence-electron chi connectivity index (χ3n) is 5.73. The van der Waals surface area contributed by atoms with Crippen molar-refractivity contribution in [2.24, 2.45) is 5.92 Å². The normalized spacial score (nSPS) is 23.3. The van der Waals surface area contributed by atoms with E-state index in [2.05, 4.69) is 53.9 Å². The Kier molecular flexibility index (Phi) is 3.32. The average Bonchev–Trinajstić information content (AvgIpc) is 3.16. The van der Waals surface area contributed by atoms with Crippen molar-refractivity contribution in [3.63, 3.8) is 0 Å². The summed E-state index contributed by atoms with van der Waals surface area (Å²) in [7, 11) is 0. The van der Waals surface area contributed by atoms with Crippen LogP contribution in [0.1, 0.15) is 29.5 Å². The molecule has 0 fully saturated rings. The molecule has 3 atom stereocenters. The molecule has 3 aromatic carbocycles. The van der Waals surface area contributed by atoms with Gasteiger partial charge in [0.25, 0.3) is 5.69 Å². The van der Waals surface area contributed by atoms with Crippen LogP contribution in [0, 0.1) is 16.0 Å². The lowest BCUT2D eigenvalue weighted by Crippen LogP contribution is -2.29. The van der Waals surface area contributed by atoms with Gasteiger partial charge >= 0.3 is 0 Å². The number of nitrogens with one attached hydrogen (secondary N) is 1. The number of hydrogen-bond acceptors (Lipinski definition) is 3. The van der Waals surface area contributed by atoms with E-state index in [4.69, 9.17) is 0 Å². The number of para-hydroxylation sites is 1. The molecular weight excluding hydrogens is 324 g/mol. The predicted molar refractivity (Wildman–Crippen MR) is 103 cm³/mol. The molecule has 1 heterocycles. The Hall–Kier alpha value is -3.14. The minimum atomic E-state index is -0.287. The molecule has 2 aliphatic rings. The summed E-state index contributed by atoms with van der Waals surface area (Å²) < 4.78 is 0. The Morgan fingerprint density at radius 1 is 0.962 bits per heavy atom. The summed E-state index contributed by atoms with van der Waals surface area (Å²) in [6.45, 7) is 0. The monoisotopic (exact) mass is 342 g/mol. The standard InChI is InChI=1S/C22H18N2O2/c25-24(26)20-13-5-12-19-16-9-4-11-18(16)21(23-22(19)20)17-10-3-7-14-6-1-2-8-15(14)17/h1-10,12-13,16,18,21,23H,11H2/t16-,18-,21+/m0/s1. The molecule has 3 aromatic rings. The topological polar surface area (TPSA) is 55.2 Å². The predicted octanol–water partition coefficient (Wildman–Crippen LogP) is 5.57. The fourth-order valence-corrected chi connectivity index (χ4v) is 4.59. The first-order chi connectivity index (χ1) is 12.7. The third kappa shape index (κ3) is 2.15. The molecule has 0 unspecified atom stereocenters. The Morgan fingerprint density at radius 2 is 1.73 bits per heavy atom. The molecule has 0 aromatic heterocycles. The summed E-state index contributed by atoms with van der Waals surface area (Å²) in [5.74, 6) is 0.588. The van der Waals surface area contributed by atoms with E-state index in [0.717, 1.165) is 12.0 Å². The molecule has 5 rings (SSSR count). The van der Waals surface area contributed by atoms with Crippen molar-refractivity contribution in [2.75, 3.05) is 5.32 Å². The van der Waals surface area contributed by atoms with Gasteiger partial charge in [-0.05, 0) is 34.2 Å². The van der Waals surface area contributed by atoms with Gasteiger partial charge in [0, 0.05) is 12.0 Å². The maximum Gasteiger partial charge on any atom is 0.292 e. The van der Waals surface area contributed by atoms with Gasteiger partial charge in [-0.3, -0.25) is 10.1 Å². The Morgan fingerprint density at radius 3 is 2.62 bits per heavy atom. The van der Waals surface area contributed by atoms with Gasteiger partial charge < -0.3 is 5.32 Å². The van der Waals surface area contributed by atoms with Crippen LogP contribution in [0.3, 0.4) is 0 Å². The second-order valence-electron chi connectivity index (χ2n) is 7.04. The summed E-state index contributed by atoms with van der Waals surface area (Å²) in [4.78, 5) is 11.3. The fourth-order valence-electron chi connectivity index (χ4n) is 4.59. The Balaban J connectivity index is 1.71. The highest BCUT2D eigenvalue weighted by molar-refractivity contribution is 5.87. The molecule has 0 amide bonds. The van der Waals surface area contributed by atoms with Crippen LogP contribution in [0.25, 0.3) is 10.8 Å². The highest BCUT2D eigenvalue weighted by atomic mass is 16.6. The summed E-state index contributed by atoms with van der Waals surface area (Å²) >= 11 is 0. The van der Waals surface area contributed by atoms with Crippen LogP contribution in [-0.2, 0) is 0 Å². The maximum atomic E-state index is 11.6. The molecule has 128 valence electrons. The van der Waals surface area contributed by atoms with Gasteiger partial charge in [-0.2, -0.15) is 0 Å². The van der Waals surface area contributed by atoms with Crippen molar-refractivity contribution in [3.05, 3.63) is 94.1 Å². The molecule has 0 radical (unpaired) electrons. The Bertz CT molecular complexity index is 1050. The lowest BCUT2D eigenvalue weighted by atomic mass is 9.76. The van der Waals surface area contributed by atoms with Crippen LogP contribution in [-0.4, -0.2) is 4.92 Å². The van der Waals surface area contributed by atoms with Gasteiger partial charge in [-0.1, -0.05) is 66.7 Å². The quantitative estimate of drug-likeness (QED) is 0.376. The second kappa shape index (κ2) is 5.70. The number of benzene rings is 3. The lowest BCUT2D eigenvalue weighted by molar-refractivity contribution is -0.384. The van der Waals surface area contributed by atoms with Gasteiger partial charge in [0.15, 0.2) is 0 Å². The van der Waals surface area contributed by atoms with E-state index in [1.807, 2.05) is 12.1 Å². The first kappa shape index (κ1) is 15.1. The summed E-state index contributed by atoms with van der Waals surface area (Å²) in [5.41, 5.74) is 3.08. The first-order valence-electron chi connectivity index (χ1n) is 8.92. The number of rotatable bonds is 2. The highest BCUT2D eigenvalue weighted by Crippen LogP contribution is 2.52. The van der Waals surface area contributed by atoms with E-state index in [1.165, 1.54) is 16.3 Å². The van der Waals surface area contributed by atoms with Gasteiger partial charge in [0.2, 0.25) is 0 Å². The van der Waals surface area contributed by atoms with Crippen molar-refractivity contribution in [1.82, 2.24) is 0 Å². The van der Waals surface area contributed by atoms with Gasteiger partial charge in [-0.25, -0.2) is 0 Å². The molecule has 0 saturated heterocycles. The molecule has 1 aliphatic carbocycles. The smallest absolute Gasteiger partial charge is 0.292 e. The summed E-state index contributed by atoms with van der Waals surface area (Å²) in [5, 5.41) is 17.5. The number of anilines is 1. The van der Waals surface area contributed by atoms with Gasteiger partial charge in [-0.15, -0.1) is 0 Å². The minimum Gasteiger partial charge on any atom is -0.372 e. The van der Waals surface area contributed by atoms with E-state index in [0.29, 0.717) is 11.6 Å². The number of nitro benzene ring substituents is 1. The van der Waals surface area contributed by atoms with Crippen molar-refractivity contribution < 1.29 is 4.92 Å².